The van der Waals surface area contributed by atoms with Crippen molar-refractivity contribution in [3.8, 4) is 0 Å². The van der Waals surface area contributed by atoms with E-state index in [1.54, 1.807) is 9.58 Å². The summed E-state index contributed by atoms with van der Waals surface area (Å²) in [7, 11) is 0. The third-order valence-corrected chi connectivity index (χ3v) is 4.33. The molecule has 1 aromatic rings. The molecule has 1 aliphatic heterocycles. The van der Waals surface area contributed by atoms with Crippen LogP contribution in [-0.2, 0) is 20.9 Å². The van der Waals surface area contributed by atoms with Crippen molar-refractivity contribution in [2.24, 2.45) is 5.41 Å². The minimum absolute atomic E-state index is 0.193. The number of nitrogens with zero attached hydrogens (tertiary/aromatic N) is 4. The zero-order valence-electron chi connectivity index (χ0n) is 12.8. The molecule has 0 aromatic carbocycles. The summed E-state index contributed by atoms with van der Waals surface area (Å²) in [5.74, 6) is 0.209. The van der Waals surface area contributed by atoms with E-state index in [-0.39, 0.29) is 12.0 Å². The molecule has 8 nitrogen and oxygen atoms in total. The van der Waals surface area contributed by atoms with Gasteiger partial charge in [-0.2, -0.15) is 5.10 Å². The second-order valence-electron chi connectivity index (χ2n) is 6.02. The fourth-order valence-corrected chi connectivity index (χ4v) is 2.89. The van der Waals surface area contributed by atoms with Gasteiger partial charge in [-0.15, -0.1) is 0 Å². The maximum atomic E-state index is 12.4. The fourth-order valence-electron chi connectivity index (χ4n) is 2.89. The van der Waals surface area contributed by atoms with Gasteiger partial charge in [0.1, 0.15) is 17.1 Å². The molecule has 1 atom stereocenters. The summed E-state index contributed by atoms with van der Waals surface area (Å²) in [6, 6.07) is 0. The van der Waals surface area contributed by atoms with Crippen molar-refractivity contribution in [3.05, 3.63) is 11.6 Å². The molecule has 1 aliphatic carbocycles. The number of carbonyl (C=O) groups excluding carboxylic acids is 1. The monoisotopic (exact) mass is 308 g/mol. The fraction of sp³-hybridized carbons (Fsp3) is 0.714. The number of carboxylic acid groups (broad SMARTS) is 1. The highest BCUT2D eigenvalue weighted by Gasteiger charge is 2.58. The van der Waals surface area contributed by atoms with E-state index in [1.165, 1.54) is 0 Å². The van der Waals surface area contributed by atoms with Crippen LogP contribution in [0, 0.1) is 19.3 Å². The minimum Gasteiger partial charge on any atom is -0.480 e. The molecule has 0 spiro atoms. The second kappa shape index (κ2) is 5.35. The molecule has 1 amide bonds. The first-order chi connectivity index (χ1) is 10.4. The second-order valence-corrected chi connectivity index (χ2v) is 6.02. The van der Waals surface area contributed by atoms with Gasteiger partial charge in [-0.05, 0) is 26.7 Å². The lowest BCUT2D eigenvalue weighted by atomic mass is 10.1. The zero-order chi connectivity index (χ0) is 15.9. The van der Waals surface area contributed by atoms with Crippen LogP contribution in [0.15, 0.2) is 0 Å². The zero-order valence-corrected chi connectivity index (χ0v) is 12.8. The standard InChI is InChI=1S/C14H20N4O4/c1-9-15-10(2)18(16-9)8-11-7-17(5-6-22-11)12(19)14(3-4-14)13(20)21/h11H,3-8H2,1-2H3,(H,20,21). The number of ether oxygens (including phenoxy) is 1. The molecule has 8 heteroatoms. The minimum atomic E-state index is -1.18. The van der Waals surface area contributed by atoms with Crippen molar-refractivity contribution < 1.29 is 19.4 Å². The number of carboxylic acids is 1. The van der Waals surface area contributed by atoms with E-state index in [0.29, 0.717) is 44.9 Å². The summed E-state index contributed by atoms with van der Waals surface area (Å²) in [6.45, 7) is 5.46. The average molecular weight is 308 g/mol. The summed E-state index contributed by atoms with van der Waals surface area (Å²) >= 11 is 0. The van der Waals surface area contributed by atoms with E-state index in [9.17, 15) is 14.7 Å². The molecule has 2 fully saturated rings. The number of aliphatic carboxylic acids is 1. The van der Waals surface area contributed by atoms with Crippen molar-refractivity contribution in [1.82, 2.24) is 19.7 Å². The molecule has 1 saturated carbocycles. The van der Waals surface area contributed by atoms with E-state index >= 15 is 0 Å². The topological polar surface area (TPSA) is 97.6 Å². The molecular weight excluding hydrogens is 288 g/mol. The number of rotatable bonds is 4. The number of amides is 1. The summed E-state index contributed by atoms with van der Waals surface area (Å²) in [4.78, 5) is 29.6. The normalized spacial score (nSPS) is 23.4. The predicted molar refractivity (Wildman–Crippen MR) is 75.1 cm³/mol. The van der Waals surface area contributed by atoms with Crippen LogP contribution in [0.4, 0.5) is 0 Å². The van der Waals surface area contributed by atoms with Gasteiger partial charge >= 0.3 is 5.97 Å². The summed E-state index contributed by atoms with van der Waals surface area (Å²) in [5.41, 5.74) is -1.18. The van der Waals surface area contributed by atoms with Gasteiger partial charge in [-0.25, -0.2) is 9.67 Å². The highest BCUT2D eigenvalue weighted by atomic mass is 16.5. The van der Waals surface area contributed by atoms with Gasteiger partial charge in [0.2, 0.25) is 5.91 Å². The Kier molecular flexibility index (Phi) is 3.64. The largest absolute Gasteiger partial charge is 0.480 e. The maximum Gasteiger partial charge on any atom is 0.319 e. The lowest BCUT2D eigenvalue weighted by Gasteiger charge is -2.34. The first-order valence-electron chi connectivity index (χ1n) is 7.45. The molecular formula is C14H20N4O4. The van der Waals surface area contributed by atoms with Gasteiger partial charge in [-0.1, -0.05) is 0 Å². The Morgan fingerprint density at radius 3 is 2.68 bits per heavy atom. The Balaban J connectivity index is 1.66. The van der Waals surface area contributed by atoms with Crippen LogP contribution < -0.4 is 0 Å². The SMILES string of the molecule is Cc1nc(C)n(CC2CN(C(=O)C3(C(=O)O)CC3)CCO2)n1. The van der Waals surface area contributed by atoms with Gasteiger partial charge in [0.05, 0.1) is 19.3 Å². The Bertz CT molecular complexity index is 608. The van der Waals surface area contributed by atoms with Crippen molar-refractivity contribution in [1.29, 1.82) is 0 Å². The smallest absolute Gasteiger partial charge is 0.319 e. The average Bonchev–Trinajstić information content (AvgIpc) is 3.22. The van der Waals surface area contributed by atoms with Crippen LogP contribution in [0.2, 0.25) is 0 Å². The third-order valence-electron chi connectivity index (χ3n) is 4.33. The van der Waals surface area contributed by atoms with E-state index in [2.05, 4.69) is 10.1 Å². The lowest BCUT2D eigenvalue weighted by Crippen LogP contribution is -2.50. The van der Waals surface area contributed by atoms with Gasteiger partial charge < -0.3 is 14.7 Å². The van der Waals surface area contributed by atoms with Gasteiger partial charge in [0, 0.05) is 13.1 Å². The van der Waals surface area contributed by atoms with Gasteiger partial charge in [0.15, 0.2) is 0 Å². The third kappa shape index (κ3) is 2.58. The van der Waals surface area contributed by atoms with E-state index < -0.39 is 11.4 Å². The van der Waals surface area contributed by atoms with Crippen LogP contribution in [0.1, 0.15) is 24.5 Å². The number of aryl methyl sites for hydroxylation is 2. The van der Waals surface area contributed by atoms with Crippen LogP contribution in [0.3, 0.4) is 0 Å². The Morgan fingerprint density at radius 2 is 2.14 bits per heavy atom. The Labute approximate surface area is 128 Å². The van der Waals surface area contributed by atoms with Crippen molar-refractivity contribution in [2.75, 3.05) is 19.7 Å². The lowest BCUT2D eigenvalue weighted by molar-refractivity contribution is -0.157. The number of hydrogen-bond acceptors (Lipinski definition) is 5. The number of morpholine rings is 1. The highest BCUT2D eigenvalue weighted by molar-refractivity contribution is 6.04. The molecule has 1 saturated heterocycles. The molecule has 22 heavy (non-hydrogen) atoms. The number of aromatic nitrogens is 3. The Hall–Kier alpha value is -1.96. The summed E-state index contributed by atoms with van der Waals surface area (Å²) in [5, 5.41) is 13.5. The Morgan fingerprint density at radius 1 is 1.41 bits per heavy atom. The predicted octanol–water partition coefficient (Wildman–Crippen LogP) is -0.0129. The molecule has 1 aromatic heterocycles. The maximum absolute atomic E-state index is 12.4. The van der Waals surface area contributed by atoms with Crippen LogP contribution in [0.25, 0.3) is 0 Å². The van der Waals surface area contributed by atoms with Gasteiger partial charge in [0.25, 0.3) is 0 Å². The molecule has 0 bridgehead atoms. The van der Waals surface area contributed by atoms with E-state index in [1.807, 2.05) is 13.8 Å². The molecule has 1 N–H and O–H groups in total. The highest BCUT2D eigenvalue weighted by Crippen LogP contribution is 2.47. The van der Waals surface area contributed by atoms with Gasteiger partial charge in [-0.3, -0.25) is 9.59 Å². The first kappa shape index (κ1) is 15.0. The summed E-state index contributed by atoms with van der Waals surface area (Å²) < 4.78 is 7.45. The molecule has 2 heterocycles. The number of hydrogen-bond donors (Lipinski definition) is 1. The number of carbonyl (C=O) groups is 2. The van der Waals surface area contributed by atoms with Crippen molar-refractivity contribution in [2.45, 2.75) is 39.3 Å². The van der Waals surface area contributed by atoms with Crippen molar-refractivity contribution >= 4 is 11.9 Å². The molecule has 0 radical (unpaired) electrons. The molecule has 2 aliphatic rings. The van der Waals surface area contributed by atoms with E-state index in [0.717, 1.165) is 5.82 Å². The first-order valence-corrected chi connectivity index (χ1v) is 7.45. The van der Waals surface area contributed by atoms with Crippen LogP contribution in [-0.4, -0.2) is 62.4 Å². The molecule has 3 rings (SSSR count). The molecule has 1 unspecified atom stereocenters. The summed E-state index contributed by atoms with van der Waals surface area (Å²) in [6.07, 6.45) is 0.678. The van der Waals surface area contributed by atoms with E-state index in [4.69, 9.17) is 4.74 Å². The van der Waals surface area contributed by atoms with Crippen molar-refractivity contribution in [3.63, 3.8) is 0 Å². The molecule has 120 valence electrons. The van der Waals surface area contributed by atoms with Crippen LogP contribution in [0.5, 0.6) is 0 Å². The van der Waals surface area contributed by atoms with Crippen LogP contribution >= 0.6 is 0 Å². The quantitative estimate of drug-likeness (QED) is 0.786.